The number of fused-ring (bicyclic) bond motifs is 12. The van der Waals surface area contributed by atoms with Crippen LogP contribution in [0, 0.1) is 114 Å². The molecule has 0 aliphatic heterocycles. The van der Waals surface area contributed by atoms with Crippen molar-refractivity contribution in [2.45, 2.75) is 265 Å². The van der Waals surface area contributed by atoms with Crippen molar-refractivity contribution < 1.29 is 39.6 Å². The first-order valence-electron chi connectivity index (χ1n) is 35.6. The van der Waals surface area contributed by atoms with Gasteiger partial charge in [-0.15, -0.1) is 0 Å². The number of aliphatic carboxylic acids is 4. The number of carboxylic acid groups (broad SMARTS) is 4. The second-order valence-electron chi connectivity index (χ2n) is 34.1. The van der Waals surface area contributed by atoms with Crippen LogP contribution in [0.25, 0.3) is 0 Å². The van der Waals surface area contributed by atoms with Crippen LogP contribution in [-0.2, 0) is 19.2 Å². The molecule has 0 aromatic carbocycles. The van der Waals surface area contributed by atoms with Gasteiger partial charge in [0, 0.05) is 45.5 Å². The average molecular weight is 1320 g/mol. The number of hydrogen-bond acceptors (Lipinski definition) is 8. The maximum Gasteiger partial charge on any atom is 4.00 e. The smallest absolute Gasteiger partial charge is 0.550 e. The van der Waals surface area contributed by atoms with Crippen molar-refractivity contribution in [1.82, 2.24) is 0 Å². The van der Waals surface area contributed by atoms with Gasteiger partial charge in [0.15, 0.2) is 0 Å². The van der Waals surface area contributed by atoms with E-state index < -0.39 is 45.5 Å². The molecule has 0 saturated heterocycles. The van der Waals surface area contributed by atoms with Crippen LogP contribution in [0.2, 0.25) is 0 Å². The molecule has 0 bridgehead atoms. The minimum Gasteiger partial charge on any atom is -0.550 e. The van der Waals surface area contributed by atoms with E-state index in [4.69, 9.17) is 0 Å². The molecule has 4 fully saturated rings. The third kappa shape index (κ3) is 12.8. The Labute approximate surface area is 556 Å². The molecule has 12 rings (SSSR count). The van der Waals surface area contributed by atoms with Crippen LogP contribution in [0.1, 0.15) is 265 Å². The molecule has 0 radical (unpaired) electrons. The van der Waals surface area contributed by atoms with Gasteiger partial charge >= 0.3 is 23.9 Å². The predicted molar refractivity (Wildman–Crippen MR) is 353 cm³/mol. The van der Waals surface area contributed by atoms with E-state index in [9.17, 15) is 39.6 Å². The van der Waals surface area contributed by atoms with Crippen molar-refractivity contribution in [2.75, 3.05) is 0 Å². The van der Waals surface area contributed by atoms with Crippen LogP contribution in [-0.4, -0.2) is 47.8 Å². The topological polar surface area (TPSA) is 161 Å². The zero-order chi connectivity index (χ0) is 64.5. The largest absolute Gasteiger partial charge is 4.00 e. The quantitative estimate of drug-likeness (QED) is 0.217. The Balaban J connectivity index is 0.000000153. The number of carbonyl (C=O) groups is 4. The van der Waals surface area contributed by atoms with E-state index in [2.05, 4.69) is 132 Å². The Bertz CT molecular complexity index is 2570. The molecule has 8 nitrogen and oxygen atoms in total. The van der Waals surface area contributed by atoms with Gasteiger partial charge in [-0.1, -0.05) is 207 Å². The molecule has 4 saturated carbocycles. The zero-order valence-corrected chi connectivity index (χ0v) is 61.1. The van der Waals surface area contributed by atoms with Gasteiger partial charge in [0.1, 0.15) is 0 Å². The molecule has 12 aliphatic rings. The summed E-state index contributed by atoms with van der Waals surface area (Å²) in [6.45, 7) is 35.3. The van der Waals surface area contributed by atoms with E-state index in [1.165, 1.54) is 73.7 Å². The molecule has 0 spiro atoms. The second kappa shape index (κ2) is 26.8. The molecule has 0 heterocycles. The molecule has 0 unspecified atom stereocenters. The summed E-state index contributed by atoms with van der Waals surface area (Å²) < 4.78 is 0. The number of hydrogen-bond donors (Lipinski definition) is 0. The first-order chi connectivity index (χ1) is 41.1. The fraction of sp³-hybridized carbons (Fsp3) is 0.750. The van der Waals surface area contributed by atoms with E-state index >= 15 is 0 Å². The van der Waals surface area contributed by atoms with Gasteiger partial charge in [0.25, 0.3) is 0 Å². The number of allylic oxidation sites excluding steroid dienone is 16. The van der Waals surface area contributed by atoms with Gasteiger partial charge in [0.2, 0.25) is 0 Å². The van der Waals surface area contributed by atoms with E-state index in [0.29, 0.717) is 47.3 Å². The molecule has 9 heteroatoms. The molecule has 0 N–H and O–H groups in total. The summed E-state index contributed by atoms with van der Waals surface area (Å²) in [6, 6.07) is 0. The van der Waals surface area contributed by atoms with E-state index in [-0.39, 0.29) is 69.2 Å². The third-order valence-corrected chi connectivity index (χ3v) is 28.2. The molecule has 12 aliphatic carbocycles. The van der Waals surface area contributed by atoms with Crippen molar-refractivity contribution in [3.8, 4) is 0 Å². The fourth-order valence-corrected chi connectivity index (χ4v) is 22.4. The fourth-order valence-electron chi connectivity index (χ4n) is 22.4. The van der Waals surface area contributed by atoms with Gasteiger partial charge in [-0.2, -0.15) is 0 Å². The van der Waals surface area contributed by atoms with Crippen molar-refractivity contribution >= 4 is 47.8 Å². The predicted octanol–water partition coefficient (Wildman–Crippen LogP) is 15.1. The average Bonchev–Trinajstić information content (AvgIpc) is 1.00. The Kier molecular flexibility index (Phi) is 21.5. The monoisotopic (exact) mass is 1320 g/mol. The molecule has 488 valence electrons. The van der Waals surface area contributed by atoms with Crippen molar-refractivity contribution in [3.63, 3.8) is 0 Å². The summed E-state index contributed by atoms with van der Waals surface area (Å²) in [5.74, 6) is 2.15. The first kappa shape index (κ1) is 71.4. The Hall–Kier alpha value is -3.40. The number of carboxylic acids is 4. The molecular weight excluding hydrogens is 1210 g/mol. The van der Waals surface area contributed by atoms with Gasteiger partial charge in [0.05, 0.1) is 0 Å². The zero-order valence-electron chi connectivity index (χ0n) is 58.3. The molecular formula is C80H116O8Sn. The molecule has 16 atom stereocenters. The van der Waals surface area contributed by atoms with Gasteiger partial charge in [-0.3, -0.25) is 0 Å². The summed E-state index contributed by atoms with van der Waals surface area (Å²) in [6.07, 6.45) is 43.9. The maximum atomic E-state index is 11.8. The third-order valence-electron chi connectivity index (χ3n) is 28.2. The van der Waals surface area contributed by atoms with Crippen molar-refractivity contribution in [3.05, 3.63) is 93.2 Å². The standard InChI is InChI=1S/4C20H30O2.Sn/c4*1-13(2)14-6-8-16-15(12-14)7-9-17-19(16,3)10-5-11-20(17,4)18(21)22;/h4*7,12-13,16-17H,5-6,8-11H2,1-4H3,(H,21,22);/q;;;;+4/p-4/t4*16-,17+,19+,20+;/m0000./s1. The van der Waals surface area contributed by atoms with Crippen LogP contribution in [0.4, 0.5) is 0 Å². The van der Waals surface area contributed by atoms with Gasteiger partial charge < -0.3 is 39.6 Å². The van der Waals surface area contributed by atoms with Crippen molar-refractivity contribution in [2.24, 2.45) is 114 Å². The van der Waals surface area contributed by atoms with E-state index in [0.717, 1.165) is 103 Å². The Morgan fingerprint density at radius 2 is 0.517 bits per heavy atom. The molecule has 0 amide bonds. The normalized spacial score (nSPS) is 40.9. The summed E-state index contributed by atoms with van der Waals surface area (Å²) >= 11 is 0. The van der Waals surface area contributed by atoms with Crippen LogP contribution < -0.4 is 20.4 Å². The summed E-state index contributed by atoms with van der Waals surface area (Å²) in [5.41, 5.74) is 10.0. The Morgan fingerprint density at radius 3 is 0.674 bits per heavy atom. The molecule has 0 aromatic heterocycles. The maximum absolute atomic E-state index is 11.8. The van der Waals surface area contributed by atoms with Crippen LogP contribution in [0.15, 0.2) is 93.2 Å². The van der Waals surface area contributed by atoms with Gasteiger partial charge in [-0.05, 0) is 243 Å². The van der Waals surface area contributed by atoms with Crippen LogP contribution in [0.5, 0.6) is 0 Å². The van der Waals surface area contributed by atoms with Gasteiger partial charge in [-0.25, -0.2) is 0 Å². The van der Waals surface area contributed by atoms with Crippen LogP contribution in [0.3, 0.4) is 0 Å². The summed E-state index contributed by atoms with van der Waals surface area (Å²) in [4.78, 5) is 47.3. The van der Waals surface area contributed by atoms with Crippen molar-refractivity contribution in [1.29, 1.82) is 0 Å². The van der Waals surface area contributed by atoms with E-state index in [1.54, 1.807) is 22.3 Å². The SMILES string of the molecule is CC(C)C1=CC2=CC[C@@H]3[C@](C)(CCC[C@@]3(C)C(=O)[O-])[C@H]2CC1.CC(C)C1=CC2=CC[C@@H]3[C@](C)(CCC[C@@]3(C)C(=O)[O-])[C@H]2CC1.CC(C)C1=CC2=CC[C@@H]3[C@](C)(CCC[C@@]3(C)C(=O)[O-])[C@H]2CC1.CC(C)C1=CC2=CC[C@@H]3[C@](C)(CCC[C@@]3(C)C(=O)[O-])[C@H]2CC1.[Sn+4]. The number of rotatable bonds is 8. The Morgan fingerprint density at radius 1 is 0.337 bits per heavy atom. The molecule has 89 heavy (non-hydrogen) atoms. The van der Waals surface area contributed by atoms with E-state index in [1.807, 2.05) is 27.7 Å². The first-order valence-corrected chi connectivity index (χ1v) is 35.6. The minimum atomic E-state index is -0.838. The van der Waals surface area contributed by atoms with Crippen LogP contribution >= 0.6 is 0 Å². The minimum absolute atomic E-state index is 0. The number of carbonyl (C=O) groups excluding carboxylic acids is 4. The summed E-state index contributed by atoms with van der Waals surface area (Å²) in [5, 5.41) is 47.3. The molecule has 0 aromatic rings. The second-order valence-corrected chi connectivity index (χ2v) is 34.1. The summed E-state index contributed by atoms with van der Waals surface area (Å²) in [7, 11) is 0.